The van der Waals surface area contributed by atoms with E-state index in [2.05, 4.69) is 13.8 Å². The lowest BCUT2D eigenvalue weighted by atomic mass is 9.48. The molecule has 3 fully saturated rings. The first-order chi connectivity index (χ1) is 9.59. The van der Waals surface area contributed by atoms with Crippen molar-refractivity contribution in [2.45, 2.75) is 71.6 Å². The third kappa shape index (κ3) is 1.71. The van der Waals surface area contributed by atoms with E-state index < -0.39 is 0 Å². The Morgan fingerprint density at radius 3 is 2.75 bits per heavy atom. The lowest BCUT2D eigenvalue weighted by Gasteiger charge is -2.57. The van der Waals surface area contributed by atoms with Crippen molar-refractivity contribution in [3.63, 3.8) is 0 Å². The second-order valence-corrected chi connectivity index (χ2v) is 8.28. The van der Waals surface area contributed by atoms with Crippen LogP contribution < -0.4 is 0 Å². The number of rotatable bonds is 0. The fraction of sp³-hybridized carbons (Fsp3) is 0.842. The zero-order valence-corrected chi connectivity index (χ0v) is 13.1. The fourth-order valence-electron chi connectivity index (χ4n) is 6.46. The Morgan fingerprint density at radius 2 is 1.90 bits per heavy atom. The van der Waals surface area contributed by atoms with Crippen LogP contribution >= 0.6 is 0 Å². The van der Waals surface area contributed by atoms with Gasteiger partial charge in [0.1, 0.15) is 5.78 Å². The zero-order chi connectivity index (χ0) is 13.9. The number of ketones is 1. The molecular formula is C19H28O. The lowest BCUT2D eigenvalue weighted by Crippen LogP contribution is -2.50. The van der Waals surface area contributed by atoms with Crippen molar-refractivity contribution >= 4 is 5.78 Å². The van der Waals surface area contributed by atoms with E-state index in [4.69, 9.17) is 0 Å². The van der Waals surface area contributed by atoms with Crippen molar-refractivity contribution in [1.29, 1.82) is 0 Å². The quantitative estimate of drug-likeness (QED) is 0.573. The molecule has 0 amide bonds. The van der Waals surface area contributed by atoms with Gasteiger partial charge in [0.15, 0.2) is 0 Å². The van der Waals surface area contributed by atoms with Gasteiger partial charge >= 0.3 is 0 Å². The molecule has 0 aromatic heterocycles. The van der Waals surface area contributed by atoms with Gasteiger partial charge in [-0.25, -0.2) is 0 Å². The molecule has 0 saturated heterocycles. The Hall–Kier alpha value is -0.590. The van der Waals surface area contributed by atoms with Crippen LogP contribution in [0, 0.1) is 29.1 Å². The molecule has 0 N–H and O–H groups in total. The molecule has 0 unspecified atom stereocenters. The second-order valence-electron chi connectivity index (χ2n) is 8.28. The van der Waals surface area contributed by atoms with Gasteiger partial charge in [0.05, 0.1) is 0 Å². The van der Waals surface area contributed by atoms with Crippen LogP contribution in [0.5, 0.6) is 0 Å². The lowest BCUT2D eigenvalue weighted by molar-refractivity contribution is -0.132. The van der Waals surface area contributed by atoms with Crippen LogP contribution in [0.3, 0.4) is 0 Å². The summed E-state index contributed by atoms with van der Waals surface area (Å²) in [5, 5.41) is 0. The van der Waals surface area contributed by atoms with Crippen molar-refractivity contribution in [2.75, 3.05) is 0 Å². The van der Waals surface area contributed by atoms with Gasteiger partial charge < -0.3 is 0 Å². The Balaban J connectivity index is 1.64. The maximum atomic E-state index is 11.8. The first-order valence-corrected chi connectivity index (χ1v) is 8.80. The number of Topliss-reactive ketones (excluding diaryl/α,β-unsaturated/α-hetero) is 1. The Kier molecular flexibility index (Phi) is 2.91. The number of carbonyl (C=O) groups is 1. The molecule has 0 heterocycles. The molecular weight excluding hydrogens is 244 g/mol. The highest BCUT2D eigenvalue weighted by atomic mass is 16.1. The van der Waals surface area contributed by atoms with Crippen LogP contribution in [-0.4, -0.2) is 5.78 Å². The molecule has 0 aromatic rings. The SMILES string of the molecule is CC1=C2CC[C@@H]3[C@@H](CC[C@H]4CC(=O)CC[C@@]43C)[C@@H]2CC1. The maximum Gasteiger partial charge on any atom is 0.133 e. The van der Waals surface area contributed by atoms with Crippen molar-refractivity contribution < 1.29 is 4.79 Å². The van der Waals surface area contributed by atoms with Gasteiger partial charge in [0.2, 0.25) is 0 Å². The van der Waals surface area contributed by atoms with Crippen molar-refractivity contribution in [3.8, 4) is 0 Å². The van der Waals surface area contributed by atoms with Crippen LogP contribution in [0.2, 0.25) is 0 Å². The Labute approximate surface area is 123 Å². The molecule has 4 aliphatic carbocycles. The summed E-state index contributed by atoms with van der Waals surface area (Å²) >= 11 is 0. The summed E-state index contributed by atoms with van der Waals surface area (Å²) in [7, 11) is 0. The van der Waals surface area contributed by atoms with E-state index >= 15 is 0 Å². The van der Waals surface area contributed by atoms with E-state index in [0.717, 1.165) is 30.6 Å². The third-order valence-corrected chi connectivity index (χ3v) is 7.63. The minimum absolute atomic E-state index is 0.485. The van der Waals surface area contributed by atoms with E-state index in [1.807, 2.05) is 5.57 Å². The summed E-state index contributed by atoms with van der Waals surface area (Å²) in [6, 6.07) is 0. The van der Waals surface area contributed by atoms with Crippen molar-refractivity contribution in [2.24, 2.45) is 29.1 Å². The summed E-state index contributed by atoms with van der Waals surface area (Å²) in [5.74, 6) is 4.03. The van der Waals surface area contributed by atoms with Crippen LogP contribution in [0.25, 0.3) is 0 Å². The molecule has 3 saturated carbocycles. The molecule has 0 bridgehead atoms. The normalized spacial score (nSPS) is 47.8. The zero-order valence-electron chi connectivity index (χ0n) is 13.1. The summed E-state index contributed by atoms with van der Waals surface area (Å²) in [4.78, 5) is 11.8. The Bertz CT molecular complexity index is 474. The number of hydrogen-bond donors (Lipinski definition) is 0. The van der Waals surface area contributed by atoms with Gasteiger partial charge in [-0.1, -0.05) is 18.1 Å². The number of allylic oxidation sites excluding steroid dienone is 2. The predicted molar refractivity (Wildman–Crippen MR) is 81.3 cm³/mol. The fourth-order valence-corrected chi connectivity index (χ4v) is 6.46. The molecule has 5 atom stereocenters. The van der Waals surface area contributed by atoms with Gasteiger partial charge in [-0.2, -0.15) is 0 Å². The largest absolute Gasteiger partial charge is 0.300 e. The predicted octanol–water partition coefficient (Wildman–Crippen LogP) is 4.91. The topological polar surface area (TPSA) is 17.1 Å². The highest BCUT2D eigenvalue weighted by Gasteiger charge is 2.54. The number of hydrogen-bond acceptors (Lipinski definition) is 1. The average Bonchev–Trinajstić information content (AvgIpc) is 2.82. The molecule has 0 aromatic carbocycles. The van der Waals surface area contributed by atoms with Crippen molar-refractivity contribution in [3.05, 3.63) is 11.1 Å². The van der Waals surface area contributed by atoms with Crippen LogP contribution in [0.1, 0.15) is 71.6 Å². The molecule has 4 aliphatic rings. The van der Waals surface area contributed by atoms with Crippen LogP contribution in [-0.2, 0) is 4.79 Å². The third-order valence-electron chi connectivity index (χ3n) is 7.63. The van der Waals surface area contributed by atoms with E-state index in [0.29, 0.717) is 17.1 Å². The molecule has 110 valence electrons. The number of fused-ring (bicyclic) bond motifs is 5. The molecule has 20 heavy (non-hydrogen) atoms. The summed E-state index contributed by atoms with van der Waals surface area (Å²) in [6.45, 7) is 4.92. The van der Waals surface area contributed by atoms with Gasteiger partial charge in [0, 0.05) is 12.8 Å². The van der Waals surface area contributed by atoms with Gasteiger partial charge in [0.25, 0.3) is 0 Å². The van der Waals surface area contributed by atoms with E-state index in [1.165, 1.54) is 44.9 Å². The van der Waals surface area contributed by atoms with E-state index in [-0.39, 0.29) is 0 Å². The second kappa shape index (κ2) is 4.45. The minimum atomic E-state index is 0.485. The molecule has 1 heteroatoms. The minimum Gasteiger partial charge on any atom is -0.300 e. The van der Waals surface area contributed by atoms with Crippen molar-refractivity contribution in [1.82, 2.24) is 0 Å². The standard InChI is InChI=1S/C19H28O/c1-12-3-5-16-15(12)7-8-18-17(16)6-4-13-11-14(20)9-10-19(13,18)2/h13,16-18H,3-11H2,1-2H3/t13-,16+,17-,18+,19-/m0/s1. The first-order valence-electron chi connectivity index (χ1n) is 8.80. The molecule has 0 aliphatic heterocycles. The summed E-state index contributed by atoms with van der Waals surface area (Å²) in [5.41, 5.74) is 4.05. The highest BCUT2D eigenvalue weighted by Crippen LogP contribution is 2.62. The molecule has 4 rings (SSSR count). The summed E-state index contributed by atoms with van der Waals surface area (Å²) < 4.78 is 0. The summed E-state index contributed by atoms with van der Waals surface area (Å²) in [6.07, 6.45) is 11.2. The monoisotopic (exact) mass is 272 g/mol. The molecule has 0 radical (unpaired) electrons. The molecule has 0 spiro atoms. The smallest absolute Gasteiger partial charge is 0.133 e. The molecule has 1 nitrogen and oxygen atoms in total. The van der Waals surface area contributed by atoms with Gasteiger partial charge in [-0.15, -0.1) is 0 Å². The van der Waals surface area contributed by atoms with E-state index in [9.17, 15) is 4.79 Å². The first kappa shape index (κ1) is 13.1. The number of carbonyl (C=O) groups excluding carboxylic acids is 1. The average molecular weight is 272 g/mol. The van der Waals surface area contributed by atoms with Crippen LogP contribution in [0.15, 0.2) is 11.1 Å². The van der Waals surface area contributed by atoms with Gasteiger partial charge in [-0.05, 0) is 81.0 Å². The van der Waals surface area contributed by atoms with Gasteiger partial charge in [-0.3, -0.25) is 4.79 Å². The van der Waals surface area contributed by atoms with E-state index in [1.54, 1.807) is 5.57 Å². The van der Waals surface area contributed by atoms with Crippen LogP contribution in [0.4, 0.5) is 0 Å². The maximum absolute atomic E-state index is 11.8. The Morgan fingerprint density at radius 1 is 1.05 bits per heavy atom. The highest BCUT2D eigenvalue weighted by molar-refractivity contribution is 5.79.